The minimum atomic E-state index is -0.706. The Morgan fingerprint density at radius 1 is 1.50 bits per heavy atom. The lowest BCUT2D eigenvalue weighted by Gasteiger charge is -2.26. The molecule has 0 aliphatic heterocycles. The Balaban J connectivity index is 2.16. The molecule has 16 heavy (non-hydrogen) atoms. The first-order valence-electron chi connectivity index (χ1n) is 6.23. The van der Waals surface area contributed by atoms with Gasteiger partial charge in [-0.05, 0) is 31.6 Å². The van der Waals surface area contributed by atoms with Crippen molar-refractivity contribution in [2.75, 3.05) is 0 Å². The molecule has 0 spiro atoms. The number of rotatable bonds is 2. The van der Waals surface area contributed by atoms with E-state index in [4.69, 9.17) is 0 Å². The lowest BCUT2D eigenvalue weighted by molar-refractivity contribution is 0.0117. The van der Waals surface area contributed by atoms with Crippen molar-refractivity contribution < 1.29 is 5.11 Å². The number of aromatic nitrogens is 3. The summed E-state index contributed by atoms with van der Waals surface area (Å²) in [6.45, 7) is 2.24. The summed E-state index contributed by atoms with van der Waals surface area (Å²) in [6.07, 6.45) is 8.05. The van der Waals surface area contributed by atoms with Crippen LogP contribution in [-0.4, -0.2) is 20.1 Å². The number of hydrogen-bond donors (Lipinski definition) is 1. The van der Waals surface area contributed by atoms with Crippen LogP contribution in [0.1, 0.15) is 51.1 Å². The predicted molar refractivity (Wildman–Crippen MR) is 61.8 cm³/mol. The maximum absolute atomic E-state index is 10.7. The Morgan fingerprint density at radius 3 is 2.94 bits per heavy atom. The predicted octanol–water partition coefficient (Wildman–Crippen LogP) is 1.99. The fraction of sp³-hybridized carbons (Fsp3) is 0.833. The van der Waals surface area contributed by atoms with Gasteiger partial charge in [0.25, 0.3) is 0 Å². The fourth-order valence-corrected chi connectivity index (χ4v) is 2.77. The van der Waals surface area contributed by atoms with Crippen LogP contribution in [0, 0.1) is 5.92 Å². The monoisotopic (exact) mass is 223 g/mol. The van der Waals surface area contributed by atoms with Crippen LogP contribution in [0.5, 0.6) is 0 Å². The zero-order valence-corrected chi connectivity index (χ0v) is 10.2. The van der Waals surface area contributed by atoms with Crippen LogP contribution in [0.2, 0.25) is 0 Å². The van der Waals surface area contributed by atoms with Crippen LogP contribution < -0.4 is 0 Å². The summed E-state index contributed by atoms with van der Waals surface area (Å²) < 4.78 is 1.70. The van der Waals surface area contributed by atoms with E-state index in [0.717, 1.165) is 37.3 Å². The van der Waals surface area contributed by atoms with Gasteiger partial charge in [-0.3, -0.25) is 0 Å². The zero-order valence-electron chi connectivity index (χ0n) is 10.2. The molecule has 1 fully saturated rings. The zero-order chi connectivity index (χ0) is 11.6. The van der Waals surface area contributed by atoms with Gasteiger partial charge >= 0.3 is 0 Å². The Hall–Kier alpha value is -0.900. The lowest BCUT2D eigenvalue weighted by atomic mass is 9.90. The van der Waals surface area contributed by atoms with Gasteiger partial charge in [0, 0.05) is 7.05 Å². The topological polar surface area (TPSA) is 50.9 Å². The van der Waals surface area contributed by atoms with Gasteiger partial charge in [0.1, 0.15) is 5.60 Å². The fourth-order valence-electron chi connectivity index (χ4n) is 2.77. The molecule has 2 atom stereocenters. The van der Waals surface area contributed by atoms with E-state index in [1.165, 1.54) is 12.8 Å². The van der Waals surface area contributed by atoms with E-state index >= 15 is 0 Å². The molecule has 0 bridgehead atoms. The Kier molecular flexibility index (Phi) is 3.28. The highest BCUT2D eigenvalue weighted by Crippen LogP contribution is 2.37. The summed E-state index contributed by atoms with van der Waals surface area (Å²) in [6, 6.07) is 0. The first kappa shape index (κ1) is 11.6. The van der Waals surface area contributed by atoms with Crippen molar-refractivity contribution in [2.24, 2.45) is 13.0 Å². The summed E-state index contributed by atoms with van der Waals surface area (Å²) >= 11 is 0. The average Bonchev–Trinajstić information content (AvgIpc) is 2.60. The maximum Gasteiger partial charge on any atom is 0.108 e. The van der Waals surface area contributed by atoms with Crippen LogP contribution in [-0.2, 0) is 12.6 Å². The molecule has 2 unspecified atom stereocenters. The molecule has 4 heteroatoms. The SMILES string of the molecule is CCC1CCCC(O)(c2cnnn2C)CC1. The Labute approximate surface area is 96.7 Å². The highest BCUT2D eigenvalue weighted by molar-refractivity contribution is 5.08. The molecule has 4 nitrogen and oxygen atoms in total. The van der Waals surface area contributed by atoms with Gasteiger partial charge < -0.3 is 5.11 Å². The molecular formula is C12H21N3O. The van der Waals surface area contributed by atoms with Crippen LogP contribution >= 0.6 is 0 Å². The summed E-state index contributed by atoms with van der Waals surface area (Å²) in [7, 11) is 1.85. The van der Waals surface area contributed by atoms with E-state index in [1.54, 1.807) is 10.9 Å². The third kappa shape index (κ3) is 2.12. The standard InChI is InChI=1S/C12H21N3O/c1-3-10-5-4-7-12(16,8-6-10)11-9-13-14-15(11)2/h9-10,16H,3-8H2,1-2H3. The Bertz CT molecular complexity index is 350. The molecular weight excluding hydrogens is 202 g/mol. The molecule has 2 rings (SSSR count). The third-order valence-electron chi connectivity index (χ3n) is 3.94. The van der Waals surface area contributed by atoms with E-state index in [1.807, 2.05) is 7.05 Å². The van der Waals surface area contributed by atoms with E-state index in [0.29, 0.717) is 0 Å². The van der Waals surface area contributed by atoms with Gasteiger partial charge in [-0.2, -0.15) is 0 Å². The quantitative estimate of drug-likeness (QED) is 0.780. The maximum atomic E-state index is 10.7. The summed E-state index contributed by atoms with van der Waals surface area (Å²) in [5.41, 5.74) is 0.159. The number of aryl methyl sites for hydroxylation is 1. The molecule has 1 aliphatic carbocycles. The highest BCUT2D eigenvalue weighted by atomic mass is 16.3. The van der Waals surface area contributed by atoms with Crippen molar-refractivity contribution >= 4 is 0 Å². The number of aliphatic hydroxyl groups is 1. The lowest BCUT2D eigenvalue weighted by Crippen LogP contribution is -2.27. The summed E-state index contributed by atoms with van der Waals surface area (Å²) in [5, 5.41) is 18.5. The molecule has 90 valence electrons. The van der Waals surface area contributed by atoms with Gasteiger partial charge in [-0.15, -0.1) is 5.10 Å². The summed E-state index contributed by atoms with van der Waals surface area (Å²) in [5.74, 6) is 0.773. The van der Waals surface area contributed by atoms with Crippen LogP contribution in [0.4, 0.5) is 0 Å². The third-order valence-corrected chi connectivity index (χ3v) is 3.94. The average molecular weight is 223 g/mol. The van der Waals surface area contributed by atoms with Crippen molar-refractivity contribution in [1.29, 1.82) is 0 Å². The van der Waals surface area contributed by atoms with Gasteiger partial charge in [-0.25, -0.2) is 4.68 Å². The van der Waals surface area contributed by atoms with E-state index < -0.39 is 5.60 Å². The molecule has 1 N–H and O–H groups in total. The van der Waals surface area contributed by atoms with Crippen LogP contribution in [0.3, 0.4) is 0 Å². The minimum Gasteiger partial charge on any atom is -0.384 e. The molecule has 1 aromatic heterocycles. The van der Waals surface area contributed by atoms with E-state index in [-0.39, 0.29) is 0 Å². The smallest absolute Gasteiger partial charge is 0.108 e. The van der Waals surface area contributed by atoms with Crippen molar-refractivity contribution in [1.82, 2.24) is 15.0 Å². The first-order valence-corrected chi connectivity index (χ1v) is 6.23. The van der Waals surface area contributed by atoms with Gasteiger partial charge in [0.05, 0.1) is 11.9 Å². The normalized spacial score (nSPS) is 31.3. The van der Waals surface area contributed by atoms with Gasteiger partial charge in [0.2, 0.25) is 0 Å². The molecule has 0 saturated heterocycles. The second-order valence-electron chi connectivity index (χ2n) is 4.98. The molecule has 1 aliphatic rings. The van der Waals surface area contributed by atoms with Crippen molar-refractivity contribution in [2.45, 2.75) is 51.0 Å². The molecule has 0 amide bonds. The molecule has 0 aromatic carbocycles. The largest absolute Gasteiger partial charge is 0.384 e. The second kappa shape index (κ2) is 4.53. The van der Waals surface area contributed by atoms with Crippen LogP contribution in [0.15, 0.2) is 6.20 Å². The van der Waals surface area contributed by atoms with Crippen molar-refractivity contribution in [3.05, 3.63) is 11.9 Å². The van der Waals surface area contributed by atoms with Crippen molar-refractivity contribution in [3.8, 4) is 0 Å². The van der Waals surface area contributed by atoms with Gasteiger partial charge in [-0.1, -0.05) is 25.0 Å². The Morgan fingerprint density at radius 2 is 2.31 bits per heavy atom. The second-order valence-corrected chi connectivity index (χ2v) is 4.98. The molecule has 1 aromatic rings. The minimum absolute atomic E-state index is 0.706. The molecule has 1 heterocycles. The highest BCUT2D eigenvalue weighted by Gasteiger charge is 2.34. The summed E-state index contributed by atoms with van der Waals surface area (Å²) in [4.78, 5) is 0. The van der Waals surface area contributed by atoms with Gasteiger partial charge in [0.15, 0.2) is 0 Å². The number of nitrogens with zero attached hydrogens (tertiary/aromatic N) is 3. The van der Waals surface area contributed by atoms with Crippen molar-refractivity contribution in [3.63, 3.8) is 0 Å². The van der Waals surface area contributed by atoms with E-state index in [9.17, 15) is 5.11 Å². The molecule has 0 radical (unpaired) electrons. The van der Waals surface area contributed by atoms with Crippen LogP contribution in [0.25, 0.3) is 0 Å². The number of hydrogen-bond acceptors (Lipinski definition) is 3. The molecule has 1 saturated carbocycles. The van der Waals surface area contributed by atoms with E-state index in [2.05, 4.69) is 17.2 Å². The first-order chi connectivity index (χ1) is 7.65.